The van der Waals surface area contributed by atoms with Crippen molar-refractivity contribution >= 4 is 17.7 Å². The summed E-state index contributed by atoms with van der Waals surface area (Å²) in [5, 5.41) is 11.2. The molecule has 0 aliphatic heterocycles. The van der Waals surface area contributed by atoms with Gasteiger partial charge >= 0.3 is 0 Å². The molecule has 0 amide bonds. The Labute approximate surface area is 135 Å². The van der Waals surface area contributed by atoms with Gasteiger partial charge in [0.1, 0.15) is 17.5 Å². The average molecular weight is 326 g/mol. The Hall–Kier alpha value is -1.74. The molecular weight excluding hydrogens is 304 g/mol. The Bertz CT molecular complexity index is 505. The van der Waals surface area contributed by atoms with Gasteiger partial charge in [0.15, 0.2) is 0 Å². The molecular formula is C14H22N4O3S. The van der Waals surface area contributed by atoms with Crippen molar-refractivity contribution in [2.75, 3.05) is 5.73 Å². The molecule has 1 aromatic carbocycles. The average Bonchev–Trinajstić information content (AvgIpc) is 2.48. The summed E-state index contributed by atoms with van der Waals surface area (Å²) in [5.41, 5.74) is 6.10. The van der Waals surface area contributed by atoms with Crippen LogP contribution >= 0.6 is 12.0 Å². The fourth-order valence-corrected chi connectivity index (χ4v) is 1.79. The number of para-hydroxylation sites is 1. The lowest BCUT2D eigenvalue weighted by atomic mass is 10.3. The largest absolute Gasteiger partial charge is 0.398 e. The summed E-state index contributed by atoms with van der Waals surface area (Å²) in [7, 11) is 0. The number of anilines is 1. The first-order valence-electron chi connectivity index (χ1n) is 6.68. The van der Waals surface area contributed by atoms with Gasteiger partial charge in [-0.1, -0.05) is 31.0 Å². The number of nitrogens with zero attached hydrogens (tertiary/aromatic N) is 3. The van der Waals surface area contributed by atoms with Gasteiger partial charge in [0.05, 0.1) is 16.9 Å². The zero-order chi connectivity index (χ0) is 17.0. The molecule has 1 aromatic heterocycles. The topological polar surface area (TPSA) is 103 Å². The van der Waals surface area contributed by atoms with Crippen molar-refractivity contribution in [1.82, 2.24) is 15.0 Å². The third kappa shape index (κ3) is 8.53. The summed E-state index contributed by atoms with van der Waals surface area (Å²) in [6.45, 7) is 9.59. The van der Waals surface area contributed by atoms with Crippen molar-refractivity contribution in [3.63, 3.8) is 0 Å². The van der Waals surface area contributed by atoms with Gasteiger partial charge in [0.25, 0.3) is 0 Å². The van der Waals surface area contributed by atoms with Gasteiger partial charge in [-0.3, -0.25) is 0 Å². The summed E-state index contributed by atoms with van der Waals surface area (Å²) in [6, 6.07) is 7.08. The molecule has 7 nitrogen and oxygen atoms in total. The summed E-state index contributed by atoms with van der Waals surface area (Å²) in [4.78, 5) is 12.7. The molecule has 2 rings (SSSR count). The van der Waals surface area contributed by atoms with Crippen LogP contribution in [-0.2, 0) is 9.37 Å². The molecule has 8 heteroatoms. The van der Waals surface area contributed by atoms with Gasteiger partial charge in [-0.2, -0.15) is 0 Å². The van der Waals surface area contributed by atoms with Crippen molar-refractivity contribution in [2.45, 2.75) is 39.5 Å². The van der Waals surface area contributed by atoms with Crippen molar-refractivity contribution in [2.24, 2.45) is 0 Å². The molecule has 0 saturated carbocycles. The zero-order valence-corrected chi connectivity index (χ0v) is 14.2. The first-order chi connectivity index (χ1) is 10.5. The molecule has 2 aromatic rings. The number of benzene rings is 1. The van der Waals surface area contributed by atoms with Crippen LogP contribution in [0.4, 0.5) is 5.69 Å². The SMILES string of the molecule is CC.Cc1nc(C)nc(C)n1.Nc1ccccc1SOOO. The van der Waals surface area contributed by atoms with E-state index in [9.17, 15) is 0 Å². The highest BCUT2D eigenvalue weighted by Gasteiger charge is 1.98. The summed E-state index contributed by atoms with van der Waals surface area (Å²) < 4.78 is 4.19. The van der Waals surface area contributed by atoms with E-state index < -0.39 is 0 Å². The fraction of sp³-hybridized carbons (Fsp3) is 0.357. The van der Waals surface area contributed by atoms with E-state index in [1.807, 2.05) is 34.6 Å². The highest BCUT2D eigenvalue weighted by atomic mass is 32.2. The fourth-order valence-electron chi connectivity index (χ4n) is 1.39. The predicted molar refractivity (Wildman–Crippen MR) is 86.9 cm³/mol. The van der Waals surface area contributed by atoms with E-state index in [1.165, 1.54) is 0 Å². The Morgan fingerprint density at radius 1 is 0.955 bits per heavy atom. The molecule has 0 unspecified atom stereocenters. The van der Waals surface area contributed by atoms with Gasteiger partial charge in [-0.25, -0.2) is 20.2 Å². The first-order valence-corrected chi connectivity index (χ1v) is 7.42. The number of aromatic nitrogens is 3. The molecule has 0 aliphatic carbocycles. The van der Waals surface area contributed by atoms with Crippen LogP contribution in [0.1, 0.15) is 31.3 Å². The molecule has 22 heavy (non-hydrogen) atoms. The minimum Gasteiger partial charge on any atom is -0.398 e. The molecule has 0 spiro atoms. The Morgan fingerprint density at radius 3 is 1.82 bits per heavy atom. The molecule has 0 radical (unpaired) electrons. The monoisotopic (exact) mass is 326 g/mol. The Morgan fingerprint density at radius 2 is 1.41 bits per heavy atom. The number of nitrogen functional groups attached to an aromatic ring is 1. The molecule has 3 N–H and O–H groups in total. The maximum Gasteiger partial charge on any atom is 0.129 e. The lowest BCUT2D eigenvalue weighted by Crippen LogP contribution is -1.97. The maximum atomic E-state index is 7.83. The van der Waals surface area contributed by atoms with Crippen LogP contribution < -0.4 is 5.73 Å². The van der Waals surface area contributed by atoms with Crippen LogP contribution in [0.25, 0.3) is 0 Å². The van der Waals surface area contributed by atoms with Crippen LogP contribution in [-0.4, -0.2) is 20.2 Å². The minimum absolute atomic E-state index is 0.578. The lowest BCUT2D eigenvalue weighted by Gasteiger charge is -1.99. The molecule has 122 valence electrons. The van der Waals surface area contributed by atoms with Gasteiger partial charge in [0.2, 0.25) is 0 Å². The maximum absolute atomic E-state index is 7.83. The van der Waals surface area contributed by atoms with E-state index in [-0.39, 0.29) is 0 Å². The molecule has 0 aliphatic rings. The number of aryl methyl sites for hydroxylation is 3. The second kappa shape index (κ2) is 11.9. The standard InChI is InChI=1S/C6H9N3.C6H7NO3S.C2H6/c1-4-7-5(2)9-6(3)8-4;7-5-3-1-2-4-6(5)11-10-9-8;1-2/h1-3H3;1-4,8H,7H2;1-2H3. The van der Waals surface area contributed by atoms with Crippen molar-refractivity contribution in [1.29, 1.82) is 0 Å². The first kappa shape index (κ1) is 20.3. The molecule has 0 saturated heterocycles. The number of hydrogen-bond donors (Lipinski definition) is 2. The minimum atomic E-state index is 0.578. The summed E-state index contributed by atoms with van der Waals surface area (Å²) in [5.74, 6) is 2.38. The lowest BCUT2D eigenvalue weighted by molar-refractivity contribution is -0.432. The third-order valence-corrected chi connectivity index (χ3v) is 2.72. The smallest absolute Gasteiger partial charge is 0.129 e. The highest BCUT2D eigenvalue weighted by molar-refractivity contribution is 7.94. The highest BCUT2D eigenvalue weighted by Crippen LogP contribution is 2.24. The number of rotatable bonds is 3. The van der Waals surface area contributed by atoms with Crippen molar-refractivity contribution < 1.29 is 14.6 Å². The van der Waals surface area contributed by atoms with Crippen LogP contribution in [0.15, 0.2) is 29.2 Å². The van der Waals surface area contributed by atoms with Crippen LogP contribution in [0.5, 0.6) is 0 Å². The Kier molecular flexibility index (Phi) is 10.9. The summed E-state index contributed by atoms with van der Waals surface area (Å²) in [6.07, 6.45) is 0. The second-order valence-electron chi connectivity index (χ2n) is 3.74. The van der Waals surface area contributed by atoms with Gasteiger partial charge in [-0.05, 0) is 32.9 Å². The van der Waals surface area contributed by atoms with Gasteiger partial charge in [0, 0.05) is 5.69 Å². The normalized spacial score (nSPS) is 9.18. The number of nitrogens with two attached hydrogens (primary N) is 1. The van der Waals surface area contributed by atoms with E-state index in [2.05, 4.69) is 24.3 Å². The quantitative estimate of drug-likeness (QED) is 0.382. The second-order valence-corrected chi connectivity index (χ2v) is 4.48. The van der Waals surface area contributed by atoms with Crippen LogP contribution in [0, 0.1) is 20.8 Å². The Balaban J connectivity index is 0.000000366. The van der Waals surface area contributed by atoms with Crippen molar-refractivity contribution in [3.05, 3.63) is 41.7 Å². The van der Waals surface area contributed by atoms with E-state index in [4.69, 9.17) is 11.0 Å². The zero-order valence-electron chi connectivity index (χ0n) is 13.4. The molecule has 0 fully saturated rings. The number of hydrogen-bond acceptors (Lipinski definition) is 8. The third-order valence-electron chi connectivity index (χ3n) is 2.04. The van der Waals surface area contributed by atoms with Crippen LogP contribution in [0.2, 0.25) is 0 Å². The van der Waals surface area contributed by atoms with Crippen LogP contribution in [0.3, 0.4) is 0 Å². The predicted octanol–water partition coefficient (Wildman–Crippen LogP) is 3.52. The van der Waals surface area contributed by atoms with E-state index in [0.29, 0.717) is 10.6 Å². The summed E-state index contributed by atoms with van der Waals surface area (Å²) >= 11 is 0.850. The van der Waals surface area contributed by atoms with Gasteiger partial charge in [-0.15, -0.1) is 4.33 Å². The van der Waals surface area contributed by atoms with E-state index in [1.54, 1.807) is 24.3 Å². The molecule has 0 atom stereocenters. The van der Waals surface area contributed by atoms with E-state index >= 15 is 0 Å². The van der Waals surface area contributed by atoms with Crippen molar-refractivity contribution in [3.8, 4) is 0 Å². The molecule has 1 heterocycles. The van der Waals surface area contributed by atoms with E-state index in [0.717, 1.165) is 29.5 Å². The van der Waals surface area contributed by atoms with Gasteiger partial charge < -0.3 is 5.73 Å². The molecule has 0 bridgehead atoms.